The standard InChI is InChI=1S/C18H31N2O4P/c1-2-3-4-5-6-7-8-15-9-11-16(12-10-15)20-18(21)17(19)13-14-25(22,23)24/h9-12,17H,2-8,13-14,19H2,1H3,(H,20,21)(H2,22,23,24)/t17-/m1/s1. The second-order valence-corrected chi connectivity index (χ2v) is 8.26. The van der Waals surface area contributed by atoms with E-state index >= 15 is 0 Å². The summed E-state index contributed by atoms with van der Waals surface area (Å²) in [5.41, 5.74) is 7.54. The van der Waals surface area contributed by atoms with E-state index in [0.717, 1.165) is 6.42 Å². The normalized spacial score (nSPS) is 12.8. The maximum Gasteiger partial charge on any atom is 0.325 e. The lowest BCUT2D eigenvalue weighted by Crippen LogP contribution is -2.36. The highest BCUT2D eigenvalue weighted by Crippen LogP contribution is 2.35. The van der Waals surface area contributed by atoms with Crippen molar-refractivity contribution < 1.29 is 19.1 Å². The van der Waals surface area contributed by atoms with Crippen molar-refractivity contribution in [3.63, 3.8) is 0 Å². The van der Waals surface area contributed by atoms with Crippen molar-refractivity contribution in [1.29, 1.82) is 0 Å². The Labute approximate surface area is 150 Å². The Bertz CT molecular complexity index is 557. The minimum absolute atomic E-state index is 0.0494. The van der Waals surface area contributed by atoms with Gasteiger partial charge < -0.3 is 20.8 Å². The monoisotopic (exact) mass is 370 g/mol. The number of amides is 1. The minimum Gasteiger partial charge on any atom is -0.325 e. The van der Waals surface area contributed by atoms with Crippen LogP contribution < -0.4 is 11.1 Å². The average Bonchev–Trinajstić information content (AvgIpc) is 2.56. The molecule has 0 aliphatic carbocycles. The molecule has 0 unspecified atom stereocenters. The molecule has 1 amide bonds. The summed E-state index contributed by atoms with van der Waals surface area (Å²) in [6, 6.07) is 6.71. The van der Waals surface area contributed by atoms with E-state index in [0.29, 0.717) is 5.69 Å². The van der Waals surface area contributed by atoms with E-state index < -0.39 is 25.7 Å². The van der Waals surface area contributed by atoms with Gasteiger partial charge in [0.2, 0.25) is 5.91 Å². The van der Waals surface area contributed by atoms with Crippen molar-refractivity contribution in [1.82, 2.24) is 0 Å². The Morgan fingerprint density at radius 1 is 1.12 bits per heavy atom. The molecule has 0 spiro atoms. The van der Waals surface area contributed by atoms with Crippen LogP contribution in [0.2, 0.25) is 0 Å². The molecule has 0 saturated carbocycles. The van der Waals surface area contributed by atoms with Gasteiger partial charge in [0.25, 0.3) is 0 Å². The third-order valence-corrected chi connectivity index (χ3v) is 4.95. The largest absolute Gasteiger partial charge is 0.325 e. The lowest BCUT2D eigenvalue weighted by molar-refractivity contribution is -0.117. The Hall–Kier alpha value is -1.20. The number of benzene rings is 1. The number of carbonyl (C=O) groups is 1. The molecule has 0 heterocycles. The lowest BCUT2D eigenvalue weighted by atomic mass is 10.0. The van der Waals surface area contributed by atoms with Gasteiger partial charge in [-0.15, -0.1) is 0 Å². The number of nitrogens with two attached hydrogens (primary N) is 1. The number of anilines is 1. The predicted molar refractivity (Wildman–Crippen MR) is 102 cm³/mol. The van der Waals surface area contributed by atoms with Crippen LogP contribution in [0.5, 0.6) is 0 Å². The molecule has 5 N–H and O–H groups in total. The first-order chi connectivity index (χ1) is 11.8. The number of hydrogen-bond donors (Lipinski definition) is 4. The highest BCUT2D eigenvalue weighted by atomic mass is 31.2. The molecular formula is C18H31N2O4P. The van der Waals surface area contributed by atoms with Gasteiger partial charge in [-0.05, 0) is 37.0 Å². The summed E-state index contributed by atoms with van der Waals surface area (Å²) in [5, 5.41) is 2.68. The molecule has 25 heavy (non-hydrogen) atoms. The Morgan fingerprint density at radius 3 is 2.32 bits per heavy atom. The van der Waals surface area contributed by atoms with E-state index in [2.05, 4.69) is 12.2 Å². The van der Waals surface area contributed by atoms with Crippen molar-refractivity contribution in [2.75, 3.05) is 11.5 Å². The van der Waals surface area contributed by atoms with E-state index in [1.54, 1.807) is 0 Å². The van der Waals surface area contributed by atoms with E-state index in [4.69, 9.17) is 15.5 Å². The molecule has 0 aliphatic rings. The third-order valence-electron chi connectivity index (χ3n) is 4.11. The van der Waals surface area contributed by atoms with E-state index in [1.165, 1.54) is 44.1 Å². The zero-order chi connectivity index (χ0) is 18.7. The highest BCUT2D eigenvalue weighted by Gasteiger charge is 2.19. The van der Waals surface area contributed by atoms with Gasteiger partial charge in [-0.3, -0.25) is 9.36 Å². The van der Waals surface area contributed by atoms with Crippen LogP contribution in [-0.4, -0.2) is 27.9 Å². The molecule has 1 aromatic rings. The molecule has 0 radical (unpaired) electrons. The topological polar surface area (TPSA) is 113 Å². The van der Waals surface area contributed by atoms with Gasteiger partial charge in [0.1, 0.15) is 0 Å². The molecule has 1 aromatic carbocycles. The second-order valence-electron chi connectivity index (χ2n) is 6.49. The van der Waals surface area contributed by atoms with Crippen LogP contribution in [-0.2, 0) is 15.8 Å². The first-order valence-electron chi connectivity index (χ1n) is 9.02. The number of nitrogens with one attached hydrogen (secondary N) is 1. The number of rotatable bonds is 12. The van der Waals surface area contributed by atoms with Gasteiger partial charge in [-0.1, -0.05) is 51.2 Å². The summed E-state index contributed by atoms with van der Waals surface area (Å²) < 4.78 is 10.8. The molecule has 1 rings (SSSR count). The fourth-order valence-electron chi connectivity index (χ4n) is 2.54. The lowest BCUT2D eigenvalue weighted by Gasteiger charge is -2.13. The molecular weight excluding hydrogens is 339 g/mol. The maximum absolute atomic E-state index is 11.9. The zero-order valence-electron chi connectivity index (χ0n) is 15.0. The first kappa shape index (κ1) is 21.8. The molecule has 6 nitrogen and oxygen atoms in total. The van der Waals surface area contributed by atoms with E-state index in [9.17, 15) is 9.36 Å². The summed E-state index contributed by atoms with van der Waals surface area (Å²) >= 11 is 0. The van der Waals surface area contributed by atoms with Gasteiger partial charge in [0.05, 0.1) is 12.2 Å². The van der Waals surface area contributed by atoms with Gasteiger partial charge >= 0.3 is 7.60 Å². The van der Waals surface area contributed by atoms with Gasteiger partial charge in [-0.25, -0.2) is 0 Å². The molecule has 0 fully saturated rings. The van der Waals surface area contributed by atoms with Crippen LogP contribution in [0.25, 0.3) is 0 Å². The number of carbonyl (C=O) groups excluding carboxylic acids is 1. The van der Waals surface area contributed by atoms with Gasteiger partial charge in [0, 0.05) is 5.69 Å². The maximum atomic E-state index is 11.9. The van der Waals surface area contributed by atoms with Gasteiger partial charge in [0.15, 0.2) is 0 Å². The quantitative estimate of drug-likeness (QED) is 0.333. The van der Waals surface area contributed by atoms with Gasteiger partial charge in [-0.2, -0.15) is 0 Å². The molecule has 7 heteroatoms. The highest BCUT2D eigenvalue weighted by molar-refractivity contribution is 7.51. The zero-order valence-corrected chi connectivity index (χ0v) is 15.9. The smallest absolute Gasteiger partial charge is 0.325 e. The SMILES string of the molecule is CCCCCCCCc1ccc(NC(=O)[C@H](N)CCP(=O)(O)O)cc1. The molecule has 1 atom stereocenters. The van der Waals surface area contributed by atoms with Crippen LogP contribution in [0.3, 0.4) is 0 Å². The van der Waals surface area contributed by atoms with Crippen LogP contribution >= 0.6 is 7.60 Å². The number of hydrogen-bond acceptors (Lipinski definition) is 3. The Balaban J connectivity index is 2.33. The van der Waals surface area contributed by atoms with Crippen molar-refractivity contribution in [2.45, 2.75) is 64.3 Å². The van der Waals surface area contributed by atoms with Crippen LogP contribution in [0.1, 0.15) is 57.4 Å². The molecule has 0 bridgehead atoms. The molecule has 0 aromatic heterocycles. The van der Waals surface area contributed by atoms with Crippen LogP contribution in [0.4, 0.5) is 5.69 Å². The number of unbranched alkanes of at least 4 members (excludes halogenated alkanes) is 5. The molecule has 0 saturated heterocycles. The Morgan fingerprint density at radius 2 is 1.72 bits per heavy atom. The van der Waals surface area contributed by atoms with Crippen molar-refractivity contribution in [2.24, 2.45) is 5.73 Å². The summed E-state index contributed by atoms with van der Waals surface area (Å²) in [6.45, 7) is 2.21. The minimum atomic E-state index is -4.13. The summed E-state index contributed by atoms with van der Waals surface area (Å²) in [5.74, 6) is -0.433. The van der Waals surface area contributed by atoms with E-state index in [1.807, 2.05) is 24.3 Å². The van der Waals surface area contributed by atoms with Crippen molar-refractivity contribution >= 4 is 19.2 Å². The third kappa shape index (κ3) is 10.4. The molecule has 0 aliphatic heterocycles. The molecule has 142 valence electrons. The fraction of sp³-hybridized carbons (Fsp3) is 0.611. The van der Waals surface area contributed by atoms with E-state index in [-0.39, 0.29) is 6.42 Å². The first-order valence-corrected chi connectivity index (χ1v) is 10.8. The number of aryl methyl sites for hydroxylation is 1. The summed E-state index contributed by atoms with van der Waals surface area (Å²) in [6.07, 6.45) is 8.17. The summed E-state index contributed by atoms with van der Waals surface area (Å²) in [4.78, 5) is 29.6. The summed E-state index contributed by atoms with van der Waals surface area (Å²) in [7, 11) is -4.13. The Kier molecular flexibility index (Phi) is 9.98. The van der Waals surface area contributed by atoms with Crippen LogP contribution in [0, 0.1) is 0 Å². The van der Waals surface area contributed by atoms with Crippen LogP contribution in [0.15, 0.2) is 24.3 Å². The fourth-order valence-corrected chi connectivity index (χ4v) is 3.15. The van der Waals surface area contributed by atoms with Crippen molar-refractivity contribution in [3.8, 4) is 0 Å². The second kappa shape index (κ2) is 11.4. The van der Waals surface area contributed by atoms with Crippen molar-refractivity contribution in [3.05, 3.63) is 29.8 Å². The average molecular weight is 370 g/mol. The predicted octanol–water partition coefficient (Wildman–Crippen LogP) is 3.42.